The summed E-state index contributed by atoms with van der Waals surface area (Å²) in [6.07, 6.45) is 4.47. The van der Waals surface area contributed by atoms with E-state index < -0.39 is 5.54 Å². The Morgan fingerprint density at radius 2 is 2.36 bits per heavy atom. The van der Waals surface area contributed by atoms with Gasteiger partial charge in [-0.05, 0) is 42.6 Å². The predicted octanol–water partition coefficient (Wildman–Crippen LogP) is 2.42. The summed E-state index contributed by atoms with van der Waals surface area (Å²) in [4.78, 5) is 11.7. The van der Waals surface area contributed by atoms with Gasteiger partial charge in [-0.1, -0.05) is 0 Å². The van der Waals surface area contributed by atoms with E-state index in [1.54, 1.807) is 0 Å². The van der Waals surface area contributed by atoms with Crippen LogP contribution in [0.2, 0.25) is 0 Å². The highest BCUT2D eigenvalue weighted by atomic mass is 79.9. The number of hydrogen-bond donors (Lipinski definition) is 0. The topological polar surface area (TPSA) is 34.9 Å². The molecule has 0 amide bonds. The monoisotopic (exact) mass is 256 g/mol. The number of Topliss-reactive ketones (excluding diaryl/α,β-unsaturated/α-hetero) is 1. The van der Waals surface area contributed by atoms with Gasteiger partial charge in [0.25, 0.3) is 0 Å². The van der Waals surface area contributed by atoms with Crippen LogP contribution in [-0.4, -0.2) is 15.6 Å². The fourth-order valence-corrected chi connectivity index (χ4v) is 2.21. The molecule has 1 aliphatic rings. The number of nitrogens with zero attached hydrogens (tertiary/aromatic N) is 2. The van der Waals surface area contributed by atoms with E-state index in [0.717, 1.165) is 23.0 Å². The summed E-state index contributed by atoms with van der Waals surface area (Å²) in [5.74, 6) is 0.299. The van der Waals surface area contributed by atoms with Crippen molar-refractivity contribution in [3.63, 3.8) is 0 Å². The molecule has 1 fully saturated rings. The van der Waals surface area contributed by atoms with Crippen molar-refractivity contribution in [2.45, 2.75) is 38.6 Å². The zero-order valence-electron chi connectivity index (χ0n) is 8.38. The highest BCUT2D eigenvalue weighted by Crippen LogP contribution is 2.33. The van der Waals surface area contributed by atoms with Gasteiger partial charge in [0, 0.05) is 12.6 Å². The molecule has 1 unspecified atom stereocenters. The fraction of sp³-hybridized carbons (Fsp3) is 0.600. The van der Waals surface area contributed by atoms with Crippen molar-refractivity contribution in [3.8, 4) is 0 Å². The maximum Gasteiger partial charge on any atom is 0.160 e. The van der Waals surface area contributed by atoms with Gasteiger partial charge in [-0.15, -0.1) is 0 Å². The van der Waals surface area contributed by atoms with Gasteiger partial charge in [-0.25, -0.2) is 0 Å². The second-order valence-corrected chi connectivity index (χ2v) is 4.91. The lowest BCUT2D eigenvalue weighted by molar-refractivity contribution is -0.124. The largest absolute Gasteiger partial charge is 0.297 e. The van der Waals surface area contributed by atoms with Crippen LogP contribution in [0.25, 0.3) is 0 Å². The molecule has 0 aliphatic heterocycles. The summed E-state index contributed by atoms with van der Waals surface area (Å²) >= 11 is 3.41. The molecule has 1 aliphatic carbocycles. The van der Waals surface area contributed by atoms with E-state index in [1.165, 1.54) is 0 Å². The number of rotatable bonds is 1. The predicted molar refractivity (Wildman–Crippen MR) is 57.2 cm³/mol. The Balaban J connectivity index is 2.43. The minimum atomic E-state index is -0.406. The first-order valence-corrected chi connectivity index (χ1v) is 5.59. The molecule has 1 atom stereocenters. The molecule has 0 spiro atoms. The summed E-state index contributed by atoms with van der Waals surface area (Å²) < 4.78 is 2.78. The van der Waals surface area contributed by atoms with Crippen LogP contribution in [0.15, 0.2) is 10.7 Å². The van der Waals surface area contributed by atoms with Crippen LogP contribution in [0.3, 0.4) is 0 Å². The highest BCUT2D eigenvalue weighted by Gasteiger charge is 2.39. The summed E-state index contributed by atoms with van der Waals surface area (Å²) in [5.41, 5.74) is 0.530. The first-order valence-electron chi connectivity index (χ1n) is 4.79. The molecule has 1 aromatic heterocycles. The average molecular weight is 257 g/mol. The minimum absolute atomic E-state index is 0.299. The molecule has 4 heteroatoms. The Labute approximate surface area is 91.6 Å². The molecule has 1 heterocycles. The van der Waals surface area contributed by atoms with E-state index in [-0.39, 0.29) is 0 Å². The van der Waals surface area contributed by atoms with Crippen molar-refractivity contribution >= 4 is 21.7 Å². The van der Waals surface area contributed by atoms with E-state index in [0.29, 0.717) is 12.2 Å². The van der Waals surface area contributed by atoms with Gasteiger partial charge in [0.2, 0.25) is 0 Å². The van der Waals surface area contributed by atoms with Crippen molar-refractivity contribution in [1.82, 2.24) is 9.78 Å². The van der Waals surface area contributed by atoms with Crippen molar-refractivity contribution in [1.29, 1.82) is 0 Å². The molecule has 1 saturated carbocycles. The van der Waals surface area contributed by atoms with Gasteiger partial charge < -0.3 is 0 Å². The Morgan fingerprint density at radius 1 is 1.64 bits per heavy atom. The number of aryl methyl sites for hydroxylation is 1. The lowest BCUT2D eigenvalue weighted by Gasteiger charge is -2.22. The summed E-state index contributed by atoms with van der Waals surface area (Å²) in [5, 5.41) is 4.36. The summed E-state index contributed by atoms with van der Waals surface area (Å²) in [6, 6.07) is 0. The third-order valence-corrected chi connectivity index (χ3v) is 3.79. The maximum absolute atomic E-state index is 11.7. The maximum atomic E-state index is 11.7. The third-order valence-electron chi connectivity index (χ3n) is 3.01. The molecule has 14 heavy (non-hydrogen) atoms. The standard InChI is InChI=1S/C10H13BrN2O/c1-7-8(11)6-13(12-7)10(2)5-3-4-9(10)14/h6H,3-5H2,1-2H3. The van der Waals surface area contributed by atoms with Gasteiger partial charge >= 0.3 is 0 Å². The Kier molecular flexibility index (Phi) is 2.26. The normalized spacial score (nSPS) is 27.2. The molecule has 0 saturated heterocycles. The summed E-state index contributed by atoms with van der Waals surface area (Å²) in [7, 11) is 0. The number of hydrogen-bond acceptors (Lipinski definition) is 2. The molecular formula is C10H13BrN2O. The highest BCUT2D eigenvalue weighted by molar-refractivity contribution is 9.10. The first-order chi connectivity index (χ1) is 6.54. The molecule has 3 nitrogen and oxygen atoms in total. The van der Waals surface area contributed by atoms with Gasteiger partial charge in [0.15, 0.2) is 5.78 Å². The molecule has 76 valence electrons. The molecule has 0 N–H and O–H groups in total. The molecule has 0 aromatic carbocycles. The van der Waals surface area contributed by atoms with Crippen LogP contribution < -0.4 is 0 Å². The molecule has 0 bridgehead atoms. The molecule has 2 rings (SSSR count). The van der Waals surface area contributed by atoms with E-state index in [1.807, 2.05) is 24.7 Å². The van der Waals surface area contributed by atoms with Crippen LogP contribution in [0.4, 0.5) is 0 Å². The van der Waals surface area contributed by atoms with E-state index >= 15 is 0 Å². The number of carbonyl (C=O) groups excluding carboxylic acids is 1. The first kappa shape index (κ1) is 9.90. The number of aromatic nitrogens is 2. The lowest BCUT2D eigenvalue weighted by atomic mass is 10.0. The van der Waals surface area contributed by atoms with Gasteiger partial charge in [-0.2, -0.15) is 5.10 Å². The molecular weight excluding hydrogens is 244 g/mol. The smallest absolute Gasteiger partial charge is 0.160 e. The fourth-order valence-electron chi connectivity index (χ4n) is 1.94. The molecule has 0 radical (unpaired) electrons. The van der Waals surface area contributed by atoms with E-state index in [4.69, 9.17) is 0 Å². The Hall–Kier alpha value is -0.640. The average Bonchev–Trinajstić information content (AvgIpc) is 2.61. The Bertz CT molecular complexity index is 366. The quantitative estimate of drug-likeness (QED) is 0.774. The minimum Gasteiger partial charge on any atom is -0.297 e. The van der Waals surface area contributed by atoms with Crippen molar-refractivity contribution < 1.29 is 4.79 Å². The SMILES string of the molecule is Cc1nn(C2(C)CCCC2=O)cc1Br. The zero-order chi connectivity index (χ0) is 10.3. The number of halogens is 1. The van der Waals surface area contributed by atoms with Crippen LogP contribution >= 0.6 is 15.9 Å². The van der Waals surface area contributed by atoms with Crippen LogP contribution in [0.1, 0.15) is 31.9 Å². The van der Waals surface area contributed by atoms with Crippen LogP contribution in [0, 0.1) is 6.92 Å². The van der Waals surface area contributed by atoms with Crippen molar-refractivity contribution in [3.05, 3.63) is 16.4 Å². The van der Waals surface area contributed by atoms with Crippen molar-refractivity contribution in [2.75, 3.05) is 0 Å². The zero-order valence-corrected chi connectivity index (χ0v) is 9.97. The van der Waals surface area contributed by atoms with Gasteiger partial charge in [0.05, 0.1) is 10.2 Å². The van der Waals surface area contributed by atoms with Crippen molar-refractivity contribution in [2.24, 2.45) is 0 Å². The van der Waals surface area contributed by atoms with E-state index in [2.05, 4.69) is 21.0 Å². The number of carbonyl (C=O) groups is 1. The second kappa shape index (κ2) is 3.19. The lowest BCUT2D eigenvalue weighted by Crippen LogP contribution is -2.34. The van der Waals surface area contributed by atoms with Crippen LogP contribution in [0.5, 0.6) is 0 Å². The van der Waals surface area contributed by atoms with Gasteiger partial charge in [-0.3, -0.25) is 9.48 Å². The Morgan fingerprint density at radius 3 is 2.79 bits per heavy atom. The summed E-state index contributed by atoms with van der Waals surface area (Å²) in [6.45, 7) is 3.91. The third kappa shape index (κ3) is 1.32. The van der Waals surface area contributed by atoms with Gasteiger partial charge in [0.1, 0.15) is 5.54 Å². The number of ketones is 1. The molecule has 1 aromatic rings. The van der Waals surface area contributed by atoms with Crippen LogP contribution in [-0.2, 0) is 10.3 Å². The second-order valence-electron chi connectivity index (χ2n) is 4.06. The van der Waals surface area contributed by atoms with E-state index in [9.17, 15) is 4.79 Å².